The highest BCUT2D eigenvalue weighted by Crippen LogP contribution is 2.23. The first-order chi connectivity index (χ1) is 11.0. The fraction of sp³-hybridized carbons (Fsp3) is 0.176. The highest BCUT2D eigenvalue weighted by molar-refractivity contribution is 5.98. The Morgan fingerprint density at radius 2 is 1.87 bits per heavy atom. The highest BCUT2D eigenvalue weighted by Gasteiger charge is 2.24. The molecule has 1 aromatic heterocycles. The van der Waals surface area contributed by atoms with Gasteiger partial charge in [0, 0.05) is 23.4 Å². The summed E-state index contributed by atoms with van der Waals surface area (Å²) in [5, 5.41) is 18.1. The number of carbonyl (C=O) groups excluding carboxylic acids is 1. The molecule has 0 unspecified atom stereocenters. The van der Waals surface area contributed by atoms with Gasteiger partial charge in [-0.25, -0.2) is 4.79 Å². The smallest absolute Gasteiger partial charge is 0.335 e. The Morgan fingerprint density at radius 1 is 1.17 bits per heavy atom. The van der Waals surface area contributed by atoms with Gasteiger partial charge in [-0.2, -0.15) is 5.26 Å². The summed E-state index contributed by atoms with van der Waals surface area (Å²) >= 11 is 0. The maximum atomic E-state index is 12.5. The SMILES string of the molecule is N#Cc1cc2c(n(-c3ccc(C(=O)O)cc3)c1=O)CCCC2=O. The van der Waals surface area contributed by atoms with Crippen LogP contribution in [0, 0.1) is 11.3 Å². The summed E-state index contributed by atoms with van der Waals surface area (Å²) in [4.78, 5) is 35.5. The van der Waals surface area contributed by atoms with Crippen molar-refractivity contribution in [2.45, 2.75) is 19.3 Å². The van der Waals surface area contributed by atoms with Crippen molar-refractivity contribution >= 4 is 11.8 Å². The van der Waals surface area contributed by atoms with Crippen LogP contribution in [0.1, 0.15) is 44.8 Å². The second-order valence-electron chi connectivity index (χ2n) is 5.30. The third kappa shape index (κ3) is 2.42. The number of rotatable bonds is 2. The van der Waals surface area contributed by atoms with E-state index in [1.807, 2.05) is 6.07 Å². The molecule has 6 heteroatoms. The van der Waals surface area contributed by atoms with Crippen LogP contribution in [-0.2, 0) is 6.42 Å². The maximum Gasteiger partial charge on any atom is 0.335 e. The van der Waals surface area contributed by atoms with Crippen molar-refractivity contribution in [3.8, 4) is 11.8 Å². The first-order valence-electron chi connectivity index (χ1n) is 7.09. The molecule has 0 saturated carbocycles. The van der Waals surface area contributed by atoms with Crippen LogP contribution in [0.3, 0.4) is 0 Å². The lowest BCUT2D eigenvalue weighted by molar-refractivity contribution is 0.0696. The number of benzene rings is 1. The third-order valence-corrected chi connectivity index (χ3v) is 3.91. The second-order valence-corrected chi connectivity index (χ2v) is 5.30. The highest BCUT2D eigenvalue weighted by atomic mass is 16.4. The van der Waals surface area contributed by atoms with Crippen LogP contribution >= 0.6 is 0 Å². The molecule has 1 N–H and O–H groups in total. The Labute approximate surface area is 131 Å². The molecule has 6 nitrogen and oxygen atoms in total. The molecule has 0 aliphatic heterocycles. The Balaban J connectivity index is 2.28. The predicted molar refractivity (Wildman–Crippen MR) is 81.0 cm³/mol. The summed E-state index contributed by atoms with van der Waals surface area (Å²) in [5.74, 6) is -1.15. The molecule has 0 amide bonds. The van der Waals surface area contributed by atoms with E-state index in [1.165, 1.54) is 34.9 Å². The van der Waals surface area contributed by atoms with Crippen LogP contribution in [0.2, 0.25) is 0 Å². The number of hydrogen-bond acceptors (Lipinski definition) is 4. The largest absolute Gasteiger partial charge is 0.478 e. The second kappa shape index (κ2) is 5.54. The summed E-state index contributed by atoms with van der Waals surface area (Å²) < 4.78 is 1.34. The summed E-state index contributed by atoms with van der Waals surface area (Å²) in [5.41, 5.74) is 0.930. The Bertz CT molecular complexity index is 917. The molecule has 0 radical (unpaired) electrons. The molecule has 1 aliphatic rings. The standard InChI is InChI=1S/C17H12N2O4/c18-9-11-8-13-14(2-1-3-15(13)20)19(16(11)21)12-6-4-10(5-7-12)17(22)23/h4-8H,1-3H2,(H,22,23). The Hall–Kier alpha value is -3.20. The summed E-state index contributed by atoms with van der Waals surface area (Å²) in [6.07, 6.45) is 1.60. The van der Waals surface area contributed by atoms with Gasteiger partial charge in [-0.15, -0.1) is 0 Å². The molecule has 1 aliphatic carbocycles. The zero-order chi connectivity index (χ0) is 16.6. The Morgan fingerprint density at radius 3 is 2.48 bits per heavy atom. The summed E-state index contributed by atoms with van der Waals surface area (Å²) in [7, 11) is 0. The van der Waals surface area contributed by atoms with E-state index in [9.17, 15) is 14.4 Å². The minimum absolute atomic E-state index is 0.0846. The van der Waals surface area contributed by atoms with Gasteiger partial charge in [0.15, 0.2) is 5.78 Å². The maximum absolute atomic E-state index is 12.5. The zero-order valence-corrected chi connectivity index (χ0v) is 12.1. The molecule has 0 atom stereocenters. The molecule has 1 aromatic carbocycles. The lowest BCUT2D eigenvalue weighted by Crippen LogP contribution is -2.29. The number of pyridine rings is 1. The molecule has 0 fully saturated rings. The van der Waals surface area contributed by atoms with E-state index in [0.29, 0.717) is 36.2 Å². The van der Waals surface area contributed by atoms with E-state index < -0.39 is 11.5 Å². The van der Waals surface area contributed by atoms with E-state index in [4.69, 9.17) is 10.4 Å². The van der Waals surface area contributed by atoms with Crippen molar-refractivity contribution in [1.29, 1.82) is 5.26 Å². The van der Waals surface area contributed by atoms with Crippen molar-refractivity contribution < 1.29 is 14.7 Å². The van der Waals surface area contributed by atoms with Gasteiger partial charge >= 0.3 is 5.97 Å². The monoisotopic (exact) mass is 308 g/mol. The van der Waals surface area contributed by atoms with Crippen molar-refractivity contribution in [2.75, 3.05) is 0 Å². The minimum Gasteiger partial charge on any atom is -0.478 e. The average molecular weight is 308 g/mol. The van der Waals surface area contributed by atoms with E-state index in [-0.39, 0.29) is 16.9 Å². The van der Waals surface area contributed by atoms with Gasteiger partial charge in [-0.05, 0) is 43.2 Å². The molecule has 0 spiro atoms. The number of carboxylic acid groups (broad SMARTS) is 1. The van der Waals surface area contributed by atoms with Gasteiger partial charge in [0.25, 0.3) is 5.56 Å². The van der Waals surface area contributed by atoms with Crippen LogP contribution < -0.4 is 5.56 Å². The van der Waals surface area contributed by atoms with E-state index >= 15 is 0 Å². The molecular weight excluding hydrogens is 296 g/mol. The van der Waals surface area contributed by atoms with Crippen LogP contribution in [0.5, 0.6) is 0 Å². The number of nitrogens with zero attached hydrogens (tertiary/aromatic N) is 2. The number of carboxylic acids is 1. The van der Waals surface area contributed by atoms with Crippen LogP contribution in [0.25, 0.3) is 5.69 Å². The number of nitriles is 1. The van der Waals surface area contributed by atoms with Crippen molar-refractivity contribution in [2.24, 2.45) is 0 Å². The number of hydrogen-bond donors (Lipinski definition) is 1. The van der Waals surface area contributed by atoms with Gasteiger partial charge in [0.1, 0.15) is 11.6 Å². The van der Waals surface area contributed by atoms with Gasteiger partial charge in [-0.3, -0.25) is 14.2 Å². The van der Waals surface area contributed by atoms with Crippen LogP contribution in [-0.4, -0.2) is 21.4 Å². The number of fused-ring (bicyclic) bond motifs is 1. The average Bonchev–Trinajstić information content (AvgIpc) is 2.55. The predicted octanol–water partition coefficient (Wildman–Crippen LogP) is 1.93. The van der Waals surface area contributed by atoms with Gasteiger partial charge < -0.3 is 5.11 Å². The number of aromatic carboxylic acids is 1. The molecule has 23 heavy (non-hydrogen) atoms. The molecule has 0 saturated heterocycles. The van der Waals surface area contributed by atoms with Gasteiger partial charge in [0.05, 0.1) is 5.56 Å². The number of ketones is 1. The quantitative estimate of drug-likeness (QED) is 0.913. The molecular formula is C17H12N2O4. The molecule has 2 aromatic rings. The van der Waals surface area contributed by atoms with E-state index in [1.54, 1.807) is 0 Å². The first kappa shape index (κ1) is 14.7. The topological polar surface area (TPSA) is 100 Å². The fourth-order valence-corrected chi connectivity index (χ4v) is 2.80. The summed E-state index contributed by atoms with van der Waals surface area (Å²) in [6, 6.07) is 8.98. The molecule has 1 heterocycles. The van der Waals surface area contributed by atoms with Gasteiger partial charge in [-0.1, -0.05) is 0 Å². The number of Topliss-reactive ketones (excluding diaryl/α,β-unsaturated/α-hetero) is 1. The number of aromatic nitrogens is 1. The van der Waals surface area contributed by atoms with Crippen LogP contribution in [0.4, 0.5) is 0 Å². The van der Waals surface area contributed by atoms with Crippen molar-refractivity contribution in [3.05, 3.63) is 63.1 Å². The summed E-state index contributed by atoms with van der Waals surface area (Å²) in [6.45, 7) is 0. The third-order valence-electron chi connectivity index (χ3n) is 3.91. The Kier molecular flexibility index (Phi) is 3.54. The lowest BCUT2D eigenvalue weighted by atomic mass is 9.93. The molecule has 114 valence electrons. The lowest BCUT2D eigenvalue weighted by Gasteiger charge is -2.20. The van der Waals surface area contributed by atoms with Crippen molar-refractivity contribution in [3.63, 3.8) is 0 Å². The zero-order valence-electron chi connectivity index (χ0n) is 12.1. The van der Waals surface area contributed by atoms with Crippen molar-refractivity contribution in [1.82, 2.24) is 4.57 Å². The van der Waals surface area contributed by atoms with Crippen LogP contribution in [0.15, 0.2) is 35.1 Å². The normalized spacial score (nSPS) is 13.3. The minimum atomic E-state index is -1.06. The molecule has 3 rings (SSSR count). The fourth-order valence-electron chi connectivity index (χ4n) is 2.80. The molecule has 0 bridgehead atoms. The first-order valence-corrected chi connectivity index (χ1v) is 7.09. The van der Waals surface area contributed by atoms with E-state index in [2.05, 4.69) is 0 Å². The van der Waals surface area contributed by atoms with E-state index in [0.717, 1.165) is 0 Å². The number of carbonyl (C=O) groups is 2. The van der Waals surface area contributed by atoms with Gasteiger partial charge in [0.2, 0.25) is 0 Å².